The van der Waals surface area contributed by atoms with Crippen LogP contribution >= 0.6 is 0 Å². The molecule has 1 atom stereocenters. The maximum atomic E-state index is 12.2. The Morgan fingerprint density at radius 1 is 1.35 bits per heavy atom. The zero-order valence-corrected chi connectivity index (χ0v) is 12.2. The Kier molecular flexibility index (Phi) is 5.34. The van der Waals surface area contributed by atoms with E-state index in [0.717, 1.165) is 0 Å². The summed E-state index contributed by atoms with van der Waals surface area (Å²) >= 11 is 0. The molecule has 2 N–H and O–H groups in total. The molecule has 1 rings (SSSR count). The molecule has 0 saturated carbocycles. The summed E-state index contributed by atoms with van der Waals surface area (Å²) in [6.45, 7) is 1.58. The van der Waals surface area contributed by atoms with Gasteiger partial charge >= 0.3 is 5.97 Å². The first-order valence-electron chi connectivity index (χ1n) is 5.82. The predicted molar refractivity (Wildman–Crippen MR) is 71.6 cm³/mol. The molecule has 7 nitrogen and oxygen atoms in total. The number of nitrogens with one attached hydrogen (secondary N) is 1. The van der Waals surface area contributed by atoms with Crippen LogP contribution in [-0.4, -0.2) is 39.8 Å². The molecule has 0 spiro atoms. The van der Waals surface area contributed by atoms with Gasteiger partial charge in [0.25, 0.3) is 0 Å². The lowest BCUT2D eigenvalue weighted by atomic mass is 10.2. The van der Waals surface area contributed by atoms with Gasteiger partial charge in [0.15, 0.2) is 0 Å². The van der Waals surface area contributed by atoms with E-state index in [1.54, 1.807) is 6.92 Å². The van der Waals surface area contributed by atoms with Crippen molar-refractivity contribution in [2.24, 2.45) is 0 Å². The number of ether oxygens (including phenoxy) is 2. The number of hydrogen-bond donors (Lipinski definition) is 2. The fraction of sp³-hybridized carbons (Fsp3) is 0.417. The summed E-state index contributed by atoms with van der Waals surface area (Å²) in [5.74, 6) is -0.716. The van der Waals surface area contributed by atoms with E-state index in [9.17, 15) is 13.2 Å². The summed E-state index contributed by atoms with van der Waals surface area (Å²) in [6, 6.07) is 2.98. The molecule has 1 unspecified atom stereocenters. The summed E-state index contributed by atoms with van der Waals surface area (Å²) < 4.78 is 36.5. The topological polar surface area (TPSA) is 102 Å². The van der Waals surface area contributed by atoms with Gasteiger partial charge in [-0.05, 0) is 18.6 Å². The molecule has 0 aliphatic rings. The Hall–Kier alpha value is -1.80. The van der Waals surface area contributed by atoms with Gasteiger partial charge in [0.05, 0.1) is 14.2 Å². The predicted octanol–water partition coefficient (Wildman–Crippen LogP) is 0.845. The highest BCUT2D eigenvalue weighted by atomic mass is 32.2. The van der Waals surface area contributed by atoms with Crippen LogP contribution in [0.25, 0.3) is 0 Å². The highest BCUT2D eigenvalue weighted by Gasteiger charge is 2.26. The lowest BCUT2D eigenvalue weighted by Crippen LogP contribution is -2.40. The first-order chi connectivity index (χ1) is 9.35. The Labute approximate surface area is 117 Å². The first-order valence-corrected chi connectivity index (χ1v) is 7.31. The summed E-state index contributed by atoms with van der Waals surface area (Å²) in [5.41, 5.74) is 0. The molecule has 0 radical (unpaired) electrons. The SMILES string of the molecule is CCC(NS(=O)(=O)c1ccc(OC)cc1OC)C(=O)O. The zero-order chi connectivity index (χ0) is 15.3. The average molecular weight is 303 g/mol. The van der Waals surface area contributed by atoms with Crippen LogP contribution in [0.3, 0.4) is 0 Å². The van der Waals surface area contributed by atoms with Crippen molar-refractivity contribution < 1.29 is 27.8 Å². The largest absolute Gasteiger partial charge is 0.497 e. The molecule has 0 aliphatic carbocycles. The van der Waals surface area contributed by atoms with E-state index in [1.807, 2.05) is 0 Å². The number of aliphatic carboxylic acids is 1. The van der Waals surface area contributed by atoms with E-state index < -0.39 is 22.0 Å². The molecule has 0 saturated heterocycles. The molecule has 0 amide bonds. The van der Waals surface area contributed by atoms with Crippen molar-refractivity contribution in [3.63, 3.8) is 0 Å². The van der Waals surface area contributed by atoms with Gasteiger partial charge in [0.1, 0.15) is 22.4 Å². The average Bonchev–Trinajstić information content (AvgIpc) is 2.43. The second-order valence-electron chi connectivity index (χ2n) is 3.94. The van der Waals surface area contributed by atoms with Crippen molar-refractivity contribution in [2.75, 3.05) is 14.2 Å². The standard InChI is InChI=1S/C12H17NO6S/c1-4-9(12(14)15)13-20(16,17)11-6-5-8(18-2)7-10(11)19-3/h5-7,9,13H,4H2,1-3H3,(H,14,15). The maximum absolute atomic E-state index is 12.2. The van der Waals surface area contributed by atoms with Crippen LogP contribution in [0.5, 0.6) is 11.5 Å². The van der Waals surface area contributed by atoms with Crippen molar-refractivity contribution in [3.8, 4) is 11.5 Å². The monoisotopic (exact) mass is 303 g/mol. The maximum Gasteiger partial charge on any atom is 0.321 e. The van der Waals surface area contributed by atoms with Crippen molar-refractivity contribution in [1.82, 2.24) is 4.72 Å². The number of sulfonamides is 1. The lowest BCUT2D eigenvalue weighted by Gasteiger charge is -2.15. The van der Waals surface area contributed by atoms with Gasteiger partial charge in [-0.2, -0.15) is 4.72 Å². The smallest absolute Gasteiger partial charge is 0.321 e. The van der Waals surface area contributed by atoms with E-state index >= 15 is 0 Å². The number of methoxy groups -OCH3 is 2. The molecule has 0 aromatic heterocycles. The Bertz CT molecular complexity index is 584. The highest BCUT2D eigenvalue weighted by Crippen LogP contribution is 2.28. The van der Waals surface area contributed by atoms with Gasteiger partial charge in [0, 0.05) is 6.07 Å². The molecule has 1 aromatic carbocycles. The van der Waals surface area contributed by atoms with E-state index in [1.165, 1.54) is 32.4 Å². The van der Waals surface area contributed by atoms with Gasteiger partial charge in [0.2, 0.25) is 10.0 Å². The van der Waals surface area contributed by atoms with E-state index in [-0.39, 0.29) is 17.1 Å². The van der Waals surface area contributed by atoms with E-state index in [0.29, 0.717) is 5.75 Å². The summed E-state index contributed by atoms with van der Waals surface area (Å²) in [4.78, 5) is 10.8. The molecular weight excluding hydrogens is 286 g/mol. The van der Waals surface area contributed by atoms with Crippen LogP contribution in [0.1, 0.15) is 13.3 Å². The van der Waals surface area contributed by atoms with Crippen molar-refractivity contribution in [1.29, 1.82) is 0 Å². The third-order valence-electron chi connectivity index (χ3n) is 2.66. The van der Waals surface area contributed by atoms with Crippen molar-refractivity contribution >= 4 is 16.0 Å². The minimum absolute atomic E-state index is 0.0806. The zero-order valence-electron chi connectivity index (χ0n) is 11.4. The number of carbonyl (C=O) groups is 1. The summed E-state index contributed by atoms with van der Waals surface area (Å²) in [6.07, 6.45) is 0.132. The third-order valence-corrected chi connectivity index (χ3v) is 4.18. The molecule has 0 bridgehead atoms. The van der Waals surface area contributed by atoms with Gasteiger partial charge in [-0.1, -0.05) is 6.92 Å². The second-order valence-corrected chi connectivity index (χ2v) is 5.62. The Morgan fingerprint density at radius 3 is 2.45 bits per heavy atom. The van der Waals surface area contributed by atoms with Crippen LogP contribution in [-0.2, 0) is 14.8 Å². The Morgan fingerprint density at radius 2 is 2.00 bits per heavy atom. The van der Waals surface area contributed by atoms with Crippen LogP contribution in [0.2, 0.25) is 0 Å². The number of hydrogen-bond acceptors (Lipinski definition) is 5. The number of carboxylic acids is 1. The van der Waals surface area contributed by atoms with Crippen molar-refractivity contribution in [3.05, 3.63) is 18.2 Å². The Balaban J connectivity index is 3.18. The van der Waals surface area contributed by atoms with Crippen LogP contribution in [0.4, 0.5) is 0 Å². The second kappa shape index (κ2) is 6.58. The van der Waals surface area contributed by atoms with Crippen LogP contribution in [0.15, 0.2) is 23.1 Å². The van der Waals surface area contributed by atoms with Crippen LogP contribution in [0, 0.1) is 0 Å². The third kappa shape index (κ3) is 3.61. The molecular formula is C12H17NO6S. The van der Waals surface area contributed by atoms with Gasteiger partial charge in [-0.25, -0.2) is 8.42 Å². The van der Waals surface area contributed by atoms with Crippen LogP contribution < -0.4 is 14.2 Å². The van der Waals surface area contributed by atoms with Gasteiger partial charge in [-0.3, -0.25) is 4.79 Å². The summed E-state index contributed by atoms with van der Waals surface area (Å²) in [5, 5.41) is 8.91. The quantitative estimate of drug-likeness (QED) is 0.774. The molecule has 0 aliphatic heterocycles. The minimum atomic E-state index is -4.00. The number of carboxylic acid groups (broad SMARTS) is 1. The highest BCUT2D eigenvalue weighted by molar-refractivity contribution is 7.89. The normalized spacial score (nSPS) is 12.8. The van der Waals surface area contributed by atoms with E-state index in [2.05, 4.69) is 4.72 Å². The molecule has 0 fully saturated rings. The fourth-order valence-electron chi connectivity index (χ4n) is 1.56. The number of rotatable bonds is 7. The minimum Gasteiger partial charge on any atom is -0.497 e. The van der Waals surface area contributed by atoms with Gasteiger partial charge < -0.3 is 14.6 Å². The van der Waals surface area contributed by atoms with E-state index in [4.69, 9.17) is 14.6 Å². The van der Waals surface area contributed by atoms with Gasteiger partial charge in [-0.15, -0.1) is 0 Å². The number of benzene rings is 1. The molecule has 20 heavy (non-hydrogen) atoms. The molecule has 0 heterocycles. The lowest BCUT2D eigenvalue weighted by molar-refractivity contribution is -0.139. The molecule has 1 aromatic rings. The first kappa shape index (κ1) is 16.3. The van der Waals surface area contributed by atoms with Crippen molar-refractivity contribution in [2.45, 2.75) is 24.3 Å². The molecule has 8 heteroatoms. The summed E-state index contributed by atoms with van der Waals surface area (Å²) in [7, 11) is -1.23. The fourth-order valence-corrected chi connectivity index (χ4v) is 2.98. The molecule has 112 valence electrons.